The molecule has 0 aromatic carbocycles. The van der Waals surface area contributed by atoms with Gasteiger partial charge in [-0.25, -0.2) is 4.98 Å². The predicted octanol–water partition coefficient (Wildman–Crippen LogP) is 2.29. The van der Waals surface area contributed by atoms with Crippen molar-refractivity contribution in [3.05, 3.63) is 18.3 Å². The summed E-state index contributed by atoms with van der Waals surface area (Å²) in [6.45, 7) is 7.48. The van der Waals surface area contributed by atoms with E-state index < -0.39 is 0 Å². The lowest BCUT2D eigenvalue weighted by Gasteiger charge is -2.28. The van der Waals surface area contributed by atoms with E-state index in [1.54, 1.807) is 6.20 Å². The Labute approximate surface area is 85.9 Å². The SMILES string of the molecule is CCC(C)N(CC)c1cc(N)ccn1. The Morgan fingerprint density at radius 1 is 1.50 bits per heavy atom. The monoisotopic (exact) mass is 193 g/mol. The van der Waals surface area contributed by atoms with Crippen molar-refractivity contribution in [1.82, 2.24) is 4.98 Å². The molecule has 0 saturated heterocycles. The summed E-state index contributed by atoms with van der Waals surface area (Å²) in [6.07, 6.45) is 2.88. The zero-order chi connectivity index (χ0) is 10.6. The largest absolute Gasteiger partial charge is 0.399 e. The highest BCUT2D eigenvalue weighted by Crippen LogP contribution is 2.17. The molecule has 1 aromatic rings. The standard InChI is InChI=1S/C11H19N3/c1-4-9(3)14(5-2)11-8-10(12)6-7-13-11/h6-9H,4-5H2,1-3H3,(H2,12,13). The van der Waals surface area contributed by atoms with Crippen molar-refractivity contribution in [3.63, 3.8) is 0 Å². The lowest BCUT2D eigenvalue weighted by atomic mass is 10.2. The second kappa shape index (κ2) is 4.84. The van der Waals surface area contributed by atoms with Gasteiger partial charge in [-0.15, -0.1) is 0 Å². The molecule has 1 atom stereocenters. The fourth-order valence-electron chi connectivity index (χ4n) is 1.51. The van der Waals surface area contributed by atoms with Crippen molar-refractivity contribution >= 4 is 11.5 Å². The molecule has 3 heteroatoms. The lowest BCUT2D eigenvalue weighted by Crippen LogP contribution is -2.32. The Morgan fingerprint density at radius 3 is 2.71 bits per heavy atom. The predicted molar refractivity (Wildman–Crippen MR) is 61.4 cm³/mol. The van der Waals surface area contributed by atoms with Crippen LogP contribution in [0.2, 0.25) is 0 Å². The van der Waals surface area contributed by atoms with Crippen LogP contribution < -0.4 is 10.6 Å². The Kier molecular flexibility index (Phi) is 3.74. The average molecular weight is 193 g/mol. The maximum absolute atomic E-state index is 5.73. The highest BCUT2D eigenvalue weighted by atomic mass is 15.2. The van der Waals surface area contributed by atoms with Crippen LogP contribution >= 0.6 is 0 Å². The van der Waals surface area contributed by atoms with Crippen LogP contribution in [0.5, 0.6) is 0 Å². The van der Waals surface area contributed by atoms with E-state index >= 15 is 0 Å². The van der Waals surface area contributed by atoms with E-state index in [0.29, 0.717) is 6.04 Å². The molecule has 1 aromatic heterocycles. The summed E-state index contributed by atoms with van der Waals surface area (Å²) in [4.78, 5) is 6.59. The third-order valence-electron chi connectivity index (χ3n) is 2.53. The van der Waals surface area contributed by atoms with Crippen molar-refractivity contribution in [2.75, 3.05) is 17.2 Å². The van der Waals surface area contributed by atoms with Crippen molar-refractivity contribution in [1.29, 1.82) is 0 Å². The molecule has 1 rings (SSSR count). The van der Waals surface area contributed by atoms with Gasteiger partial charge in [-0.3, -0.25) is 0 Å². The van der Waals surface area contributed by atoms with Gasteiger partial charge in [0, 0.05) is 30.5 Å². The highest BCUT2D eigenvalue weighted by molar-refractivity contribution is 5.50. The van der Waals surface area contributed by atoms with Gasteiger partial charge in [-0.05, 0) is 26.3 Å². The average Bonchev–Trinajstić information content (AvgIpc) is 2.19. The molecule has 1 unspecified atom stereocenters. The minimum Gasteiger partial charge on any atom is -0.399 e. The molecule has 0 aliphatic heterocycles. The molecular weight excluding hydrogens is 174 g/mol. The van der Waals surface area contributed by atoms with Gasteiger partial charge in [0.2, 0.25) is 0 Å². The van der Waals surface area contributed by atoms with Crippen LogP contribution in [0.3, 0.4) is 0 Å². The molecule has 0 fully saturated rings. The number of nitrogen functional groups attached to an aromatic ring is 1. The third-order valence-corrected chi connectivity index (χ3v) is 2.53. The first-order valence-electron chi connectivity index (χ1n) is 5.17. The van der Waals surface area contributed by atoms with Crippen LogP contribution in [0, 0.1) is 0 Å². The van der Waals surface area contributed by atoms with Gasteiger partial charge in [0.15, 0.2) is 0 Å². The normalized spacial score (nSPS) is 12.5. The summed E-state index contributed by atoms with van der Waals surface area (Å²) >= 11 is 0. The number of nitrogens with zero attached hydrogens (tertiary/aromatic N) is 2. The first-order valence-corrected chi connectivity index (χ1v) is 5.17. The second-order valence-electron chi connectivity index (χ2n) is 3.49. The lowest BCUT2D eigenvalue weighted by molar-refractivity contribution is 0.623. The van der Waals surface area contributed by atoms with E-state index in [1.807, 2.05) is 12.1 Å². The van der Waals surface area contributed by atoms with Crippen molar-refractivity contribution in [3.8, 4) is 0 Å². The molecule has 0 spiro atoms. The number of anilines is 2. The van der Waals surface area contributed by atoms with Crippen molar-refractivity contribution in [2.24, 2.45) is 0 Å². The van der Waals surface area contributed by atoms with Crippen LogP contribution in [0.15, 0.2) is 18.3 Å². The summed E-state index contributed by atoms with van der Waals surface area (Å²) in [5.41, 5.74) is 6.50. The van der Waals surface area contributed by atoms with E-state index in [1.165, 1.54) is 0 Å². The molecule has 2 N–H and O–H groups in total. The number of rotatable bonds is 4. The van der Waals surface area contributed by atoms with E-state index in [9.17, 15) is 0 Å². The summed E-state index contributed by atoms with van der Waals surface area (Å²) in [5, 5.41) is 0. The molecule has 0 bridgehead atoms. The van der Waals surface area contributed by atoms with E-state index in [2.05, 4.69) is 30.7 Å². The van der Waals surface area contributed by atoms with Gasteiger partial charge >= 0.3 is 0 Å². The smallest absolute Gasteiger partial charge is 0.130 e. The molecule has 0 aliphatic carbocycles. The van der Waals surface area contributed by atoms with Gasteiger partial charge in [-0.2, -0.15) is 0 Å². The van der Waals surface area contributed by atoms with Gasteiger partial charge in [0.25, 0.3) is 0 Å². The van der Waals surface area contributed by atoms with Crippen LogP contribution in [0.25, 0.3) is 0 Å². The van der Waals surface area contributed by atoms with Crippen LogP contribution in [-0.4, -0.2) is 17.6 Å². The highest BCUT2D eigenvalue weighted by Gasteiger charge is 2.11. The van der Waals surface area contributed by atoms with Gasteiger partial charge in [-0.1, -0.05) is 6.92 Å². The zero-order valence-corrected chi connectivity index (χ0v) is 9.20. The van der Waals surface area contributed by atoms with E-state index in [0.717, 1.165) is 24.5 Å². The molecule has 0 aliphatic rings. The number of hydrogen-bond acceptors (Lipinski definition) is 3. The molecule has 0 amide bonds. The van der Waals surface area contributed by atoms with Crippen molar-refractivity contribution < 1.29 is 0 Å². The maximum Gasteiger partial charge on any atom is 0.130 e. The number of pyridine rings is 1. The molecule has 14 heavy (non-hydrogen) atoms. The van der Waals surface area contributed by atoms with Crippen LogP contribution in [0.4, 0.5) is 11.5 Å². The van der Waals surface area contributed by atoms with Gasteiger partial charge < -0.3 is 10.6 Å². The Morgan fingerprint density at radius 2 is 2.21 bits per heavy atom. The quantitative estimate of drug-likeness (QED) is 0.797. The maximum atomic E-state index is 5.73. The van der Waals surface area contributed by atoms with E-state index in [-0.39, 0.29) is 0 Å². The number of hydrogen-bond donors (Lipinski definition) is 1. The van der Waals surface area contributed by atoms with Gasteiger partial charge in [0.1, 0.15) is 5.82 Å². The molecular formula is C11H19N3. The first-order chi connectivity index (χ1) is 6.69. The molecule has 0 radical (unpaired) electrons. The first kappa shape index (κ1) is 10.8. The molecule has 0 saturated carbocycles. The fourth-order valence-corrected chi connectivity index (χ4v) is 1.51. The van der Waals surface area contributed by atoms with Gasteiger partial charge in [0.05, 0.1) is 0 Å². The topological polar surface area (TPSA) is 42.1 Å². The van der Waals surface area contributed by atoms with Crippen LogP contribution in [0.1, 0.15) is 27.2 Å². The Bertz CT molecular complexity index is 286. The van der Waals surface area contributed by atoms with Crippen LogP contribution in [-0.2, 0) is 0 Å². The second-order valence-corrected chi connectivity index (χ2v) is 3.49. The Balaban J connectivity index is 2.89. The third kappa shape index (κ3) is 2.37. The minimum absolute atomic E-state index is 0.509. The summed E-state index contributed by atoms with van der Waals surface area (Å²) in [6, 6.07) is 4.25. The fraction of sp³-hybridized carbons (Fsp3) is 0.545. The van der Waals surface area contributed by atoms with E-state index in [4.69, 9.17) is 5.73 Å². The van der Waals surface area contributed by atoms with Crippen molar-refractivity contribution in [2.45, 2.75) is 33.2 Å². The number of aromatic nitrogens is 1. The summed E-state index contributed by atoms with van der Waals surface area (Å²) in [7, 11) is 0. The Hall–Kier alpha value is -1.25. The summed E-state index contributed by atoms with van der Waals surface area (Å²) in [5.74, 6) is 0.974. The molecule has 1 heterocycles. The molecule has 3 nitrogen and oxygen atoms in total. The summed E-state index contributed by atoms with van der Waals surface area (Å²) < 4.78 is 0. The molecule has 78 valence electrons. The number of nitrogens with two attached hydrogens (primary N) is 1. The zero-order valence-electron chi connectivity index (χ0n) is 9.20. The minimum atomic E-state index is 0.509.